The average Bonchev–Trinajstić information content (AvgIpc) is 2.37. The molecule has 1 unspecified atom stereocenters. The Hall–Kier alpha value is -1.18. The summed E-state index contributed by atoms with van der Waals surface area (Å²) in [6.45, 7) is 4.81. The van der Waals surface area contributed by atoms with Gasteiger partial charge in [-0.1, -0.05) is 0 Å². The van der Waals surface area contributed by atoms with Gasteiger partial charge in [0.15, 0.2) is 0 Å². The lowest BCUT2D eigenvalue weighted by atomic mass is 10.3. The maximum Gasteiger partial charge on any atom is 0.244 e. The number of sulfonamides is 1. The van der Waals surface area contributed by atoms with Gasteiger partial charge in [-0.25, -0.2) is 18.1 Å². The number of rotatable bonds is 8. The number of methoxy groups -OCH3 is 1. The molecule has 0 fully saturated rings. The minimum atomic E-state index is -3.57. The monoisotopic (exact) mass is 287 g/mol. The first-order valence-corrected chi connectivity index (χ1v) is 7.69. The highest BCUT2D eigenvalue weighted by atomic mass is 32.2. The van der Waals surface area contributed by atoms with E-state index in [1.54, 1.807) is 26.3 Å². The van der Waals surface area contributed by atoms with Crippen molar-refractivity contribution in [2.45, 2.75) is 31.2 Å². The average molecular weight is 287 g/mol. The van der Waals surface area contributed by atoms with E-state index in [1.807, 2.05) is 6.92 Å². The van der Waals surface area contributed by atoms with Crippen molar-refractivity contribution in [2.24, 2.45) is 0 Å². The normalized spacial score (nSPS) is 13.2. The van der Waals surface area contributed by atoms with Gasteiger partial charge in [0.1, 0.15) is 10.7 Å². The van der Waals surface area contributed by atoms with Gasteiger partial charge in [0, 0.05) is 32.5 Å². The highest BCUT2D eigenvalue weighted by Crippen LogP contribution is 2.18. The Bertz CT molecular complexity index is 491. The van der Waals surface area contributed by atoms with Crippen LogP contribution in [-0.2, 0) is 14.8 Å². The van der Waals surface area contributed by atoms with Crippen LogP contribution >= 0.6 is 0 Å². The maximum absolute atomic E-state index is 12.3. The molecule has 0 saturated heterocycles. The fourth-order valence-electron chi connectivity index (χ4n) is 1.59. The summed E-state index contributed by atoms with van der Waals surface area (Å²) in [5.41, 5.74) is 0. The molecule has 108 valence electrons. The molecule has 0 amide bonds. The zero-order valence-corrected chi connectivity index (χ0v) is 12.3. The van der Waals surface area contributed by atoms with E-state index in [2.05, 4.69) is 15.0 Å². The second-order valence-corrected chi connectivity index (χ2v) is 5.87. The van der Waals surface area contributed by atoms with Gasteiger partial charge in [0.05, 0.1) is 0 Å². The van der Waals surface area contributed by atoms with Gasteiger partial charge >= 0.3 is 0 Å². The lowest BCUT2D eigenvalue weighted by Crippen LogP contribution is -2.34. The van der Waals surface area contributed by atoms with Crippen molar-refractivity contribution in [3.05, 3.63) is 18.3 Å². The Balaban J connectivity index is 2.88. The summed E-state index contributed by atoms with van der Waals surface area (Å²) >= 11 is 0. The minimum absolute atomic E-state index is 0.168. The van der Waals surface area contributed by atoms with Crippen LogP contribution in [0.3, 0.4) is 0 Å². The van der Waals surface area contributed by atoms with Crippen LogP contribution in [0, 0.1) is 0 Å². The molecule has 1 heterocycles. The molecular formula is C12H21N3O3S. The summed E-state index contributed by atoms with van der Waals surface area (Å²) < 4.78 is 32.1. The van der Waals surface area contributed by atoms with Crippen molar-refractivity contribution in [3.63, 3.8) is 0 Å². The van der Waals surface area contributed by atoms with E-state index in [-0.39, 0.29) is 10.9 Å². The minimum Gasteiger partial charge on any atom is -0.385 e. The Morgan fingerprint density at radius 1 is 1.47 bits per heavy atom. The van der Waals surface area contributed by atoms with E-state index < -0.39 is 10.0 Å². The number of aromatic nitrogens is 1. The Morgan fingerprint density at radius 2 is 2.21 bits per heavy atom. The van der Waals surface area contributed by atoms with Crippen LogP contribution in [-0.4, -0.2) is 39.7 Å². The molecule has 0 aliphatic heterocycles. The summed E-state index contributed by atoms with van der Waals surface area (Å²) in [4.78, 5) is 4.22. The van der Waals surface area contributed by atoms with Crippen LogP contribution in [0.15, 0.2) is 23.2 Å². The molecule has 7 heteroatoms. The zero-order chi connectivity index (χ0) is 14.3. The van der Waals surface area contributed by atoms with Crippen LogP contribution < -0.4 is 10.0 Å². The van der Waals surface area contributed by atoms with E-state index in [0.717, 1.165) is 0 Å². The Morgan fingerprint density at radius 3 is 2.84 bits per heavy atom. The van der Waals surface area contributed by atoms with E-state index in [4.69, 9.17) is 4.74 Å². The highest BCUT2D eigenvalue weighted by molar-refractivity contribution is 7.89. The molecule has 19 heavy (non-hydrogen) atoms. The number of nitrogens with one attached hydrogen (secondary N) is 2. The van der Waals surface area contributed by atoms with Crippen molar-refractivity contribution in [1.29, 1.82) is 0 Å². The molecule has 0 spiro atoms. The van der Waals surface area contributed by atoms with Gasteiger partial charge in [-0.3, -0.25) is 0 Å². The molecule has 0 bridgehead atoms. The SMILES string of the molecule is CCNc1ncccc1S(=O)(=O)NC(C)CCOC. The summed E-state index contributed by atoms with van der Waals surface area (Å²) in [5, 5.41) is 2.94. The number of nitrogens with zero attached hydrogens (tertiary/aromatic N) is 1. The number of anilines is 1. The summed E-state index contributed by atoms with van der Waals surface area (Å²) in [6, 6.07) is 2.95. The quantitative estimate of drug-likeness (QED) is 0.751. The molecule has 0 radical (unpaired) electrons. The number of pyridine rings is 1. The Labute approximate surface area is 114 Å². The third-order valence-electron chi connectivity index (χ3n) is 2.52. The van der Waals surface area contributed by atoms with Gasteiger partial charge in [0.2, 0.25) is 10.0 Å². The van der Waals surface area contributed by atoms with Crippen LogP contribution in [0.1, 0.15) is 20.3 Å². The largest absolute Gasteiger partial charge is 0.385 e. The molecule has 1 atom stereocenters. The molecule has 6 nitrogen and oxygen atoms in total. The fraction of sp³-hybridized carbons (Fsp3) is 0.583. The topological polar surface area (TPSA) is 80.3 Å². The lowest BCUT2D eigenvalue weighted by molar-refractivity contribution is 0.188. The second-order valence-electron chi connectivity index (χ2n) is 4.18. The molecule has 0 aliphatic carbocycles. The predicted molar refractivity (Wildman–Crippen MR) is 74.7 cm³/mol. The first-order valence-electron chi connectivity index (χ1n) is 6.21. The first-order chi connectivity index (χ1) is 9.01. The van der Waals surface area contributed by atoms with E-state index in [1.165, 1.54) is 6.07 Å². The van der Waals surface area contributed by atoms with E-state index in [9.17, 15) is 8.42 Å². The van der Waals surface area contributed by atoms with Gasteiger partial charge < -0.3 is 10.1 Å². The molecular weight excluding hydrogens is 266 g/mol. The van der Waals surface area contributed by atoms with E-state index in [0.29, 0.717) is 25.4 Å². The van der Waals surface area contributed by atoms with Gasteiger partial charge in [0.25, 0.3) is 0 Å². The van der Waals surface area contributed by atoms with Crippen LogP contribution in [0.4, 0.5) is 5.82 Å². The number of ether oxygens (including phenoxy) is 1. The molecule has 2 N–H and O–H groups in total. The summed E-state index contributed by atoms with van der Waals surface area (Å²) in [5.74, 6) is 0.372. The molecule has 0 aliphatic rings. The smallest absolute Gasteiger partial charge is 0.244 e. The molecule has 0 aromatic carbocycles. The standard InChI is InChI=1S/C12H21N3O3S/c1-4-13-12-11(6-5-8-14-12)19(16,17)15-10(2)7-9-18-3/h5-6,8,10,15H,4,7,9H2,1-3H3,(H,13,14). The van der Waals surface area contributed by atoms with Crippen molar-refractivity contribution < 1.29 is 13.2 Å². The number of hydrogen-bond donors (Lipinski definition) is 2. The van der Waals surface area contributed by atoms with Crippen molar-refractivity contribution in [1.82, 2.24) is 9.71 Å². The maximum atomic E-state index is 12.3. The van der Waals surface area contributed by atoms with Gasteiger partial charge in [-0.05, 0) is 32.4 Å². The first kappa shape index (κ1) is 15.9. The van der Waals surface area contributed by atoms with Crippen LogP contribution in [0.5, 0.6) is 0 Å². The Kier molecular flexibility index (Phi) is 6.20. The fourth-order valence-corrected chi connectivity index (χ4v) is 3.00. The summed E-state index contributed by atoms with van der Waals surface area (Å²) in [6.07, 6.45) is 2.18. The zero-order valence-electron chi connectivity index (χ0n) is 11.5. The van der Waals surface area contributed by atoms with Gasteiger partial charge in [-0.15, -0.1) is 0 Å². The molecule has 1 aromatic rings. The molecule has 1 rings (SSSR count). The summed E-state index contributed by atoms with van der Waals surface area (Å²) in [7, 11) is -1.98. The predicted octanol–water partition coefficient (Wildman–Crippen LogP) is 1.22. The molecule has 0 saturated carbocycles. The second kappa shape index (κ2) is 7.42. The number of hydrogen-bond acceptors (Lipinski definition) is 5. The highest BCUT2D eigenvalue weighted by Gasteiger charge is 2.21. The van der Waals surface area contributed by atoms with Crippen molar-refractivity contribution >= 4 is 15.8 Å². The van der Waals surface area contributed by atoms with E-state index >= 15 is 0 Å². The van der Waals surface area contributed by atoms with Crippen molar-refractivity contribution in [3.8, 4) is 0 Å². The van der Waals surface area contributed by atoms with Crippen molar-refractivity contribution in [2.75, 3.05) is 25.6 Å². The third-order valence-corrected chi connectivity index (χ3v) is 4.14. The third kappa shape index (κ3) is 4.77. The van der Waals surface area contributed by atoms with Crippen LogP contribution in [0.2, 0.25) is 0 Å². The molecule has 1 aromatic heterocycles. The lowest BCUT2D eigenvalue weighted by Gasteiger charge is -2.15. The van der Waals surface area contributed by atoms with Gasteiger partial charge in [-0.2, -0.15) is 0 Å². The van der Waals surface area contributed by atoms with Crippen LogP contribution in [0.25, 0.3) is 0 Å².